The van der Waals surface area contributed by atoms with Gasteiger partial charge in [-0.1, -0.05) is 45.0 Å². The lowest BCUT2D eigenvalue weighted by Crippen LogP contribution is -3.20. The van der Waals surface area contributed by atoms with Crippen LogP contribution in [0.3, 0.4) is 0 Å². The molecule has 1 unspecified atom stereocenters. The van der Waals surface area contributed by atoms with Gasteiger partial charge in [0.2, 0.25) is 0 Å². The second-order valence-corrected chi connectivity index (χ2v) is 8.69. The minimum absolute atomic E-state index is 0.178. The summed E-state index contributed by atoms with van der Waals surface area (Å²) in [5.41, 5.74) is 2.87. The Balaban J connectivity index is 1.62. The third kappa shape index (κ3) is 3.52. The Morgan fingerprint density at radius 2 is 1.67 bits per heavy atom. The van der Waals surface area contributed by atoms with Gasteiger partial charge in [-0.2, -0.15) is 0 Å². The number of aliphatic hydroxyl groups excluding tert-OH is 3. The number of hydrogen-bond acceptors (Lipinski definition) is 3. The molecule has 2 aliphatic rings. The number of hydrogen-bond donors (Lipinski definition) is 4. The quantitative estimate of drug-likeness (QED) is 0.648. The third-order valence-corrected chi connectivity index (χ3v) is 5.99. The Morgan fingerprint density at radius 3 is 2.29 bits per heavy atom. The van der Waals surface area contributed by atoms with Crippen LogP contribution in [0.25, 0.3) is 0 Å². The van der Waals surface area contributed by atoms with Crippen LogP contribution < -0.4 is 4.90 Å². The van der Waals surface area contributed by atoms with Crippen molar-refractivity contribution in [1.29, 1.82) is 0 Å². The predicted octanol–water partition coefficient (Wildman–Crippen LogP) is 0.429. The van der Waals surface area contributed by atoms with Crippen LogP contribution in [0.2, 0.25) is 0 Å². The van der Waals surface area contributed by atoms with Gasteiger partial charge in [-0.05, 0) is 29.4 Å². The Bertz CT molecular complexity index is 551. The van der Waals surface area contributed by atoms with Crippen LogP contribution in [0.4, 0.5) is 0 Å². The summed E-state index contributed by atoms with van der Waals surface area (Å²) in [4.78, 5) is 1.19. The van der Waals surface area contributed by atoms with Gasteiger partial charge in [-0.25, -0.2) is 0 Å². The summed E-state index contributed by atoms with van der Waals surface area (Å²) < 4.78 is 0. The van der Waals surface area contributed by atoms with Crippen molar-refractivity contribution in [3.63, 3.8) is 0 Å². The molecular weight excluding hydrogens is 302 g/mol. The molecule has 134 valence electrons. The molecule has 0 bridgehead atoms. The van der Waals surface area contributed by atoms with Gasteiger partial charge < -0.3 is 20.2 Å². The zero-order valence-electron chi connectivity index (χ0n) is 15.1. The van der Waals surface area contributed by atoms with Crippen molar-refractivity contribution in [1.82, 2.24) is 0 Å². The standard InChI is InChI=1S/C20H31NO3/c1-20(2,3)14-7-4-13(5-8-14)6-9-15-10-11-16(22)18-19(24)17(23)12-21(15)18/h4-5,7-8,15-19,22-24H,6,9-12H2,1-3H3/p+1/t15-,16+,17+,18+,19+/m0/s1. The molecule has 4 heteroatoms. The van der Waals surface area contributed by atoms with E-state index in [4.69, 9.17) is 0 Å². The summed E-state index contributed by atoms with van der Waals surface area (Å²) in [6, 6.07) is 9.07. The van der Waals surface area contributed by atoms with Crippen molar-refractivity contribution in [2.24, 2.45) is 0 Å². The van der Waals surface area contributed by atoms with E-state index in [1.165, 1.54) is 16.0 Å². The molecular formula is C20H32NO3+. The fraction of sp³-hybridized carbons (Fsp3) is 0.700. The van der Waals surface area contributed by atoms with Crippen LogP contribution in [0.5, 0.6) is 0 Å². The maximum Gasteiger partial charge on any atom is 0.143 e. The Labute approximate surface area is 145 Å². The fourth-order valence-electron chi connectivity index (χ4n) is 4.45. The molecule has 0 aromatic heterocycles. The molecule has 2 fully saturated rings. The summed E-state index contributed by atoms with van der Waals surface area (Å²) in [5, 5.41) is 30.3. The predicted molar refractivity (Wildman–Crippen MR) is 94.1 cm³/mol. The smallest absolute Gasteiger partial charge is 0.143 e. The molecule has 3 rings (SSSR count). The lowest BCUT2D eigenvalue weighted by atomic mass is 9.86. The molecule has 0 amide bonds. The highest BCUT2D eigenvalue weighted by atomic mass is 16.3. The van der Waals surface area contributed by atoms with Crippen LogP contribution in [0, 0.1) is 0 Å². The summed E-state index contributed by atoms with van der Waals surface area (Å²) in [6.07, 6.45) is 1.75. The van der Waals surface area contributed by atoms with E-state index in [2.05, 4.69) is 45.0 Å². The van der Waals surface area contributed by atoms with Crippen molar-refractivity contribution >= 4 is 0 Å². The van der Waals surface area contributed by atoms with E-state index in [0.717, 1.165) is 25.7 Å². The molecule has 1 aromatic carbocycles. The van der Waals surface area contributed by atoms with Gasteiger partial charge in [-0.15, -0.1) is 0 Å². The van der Waals surface area contributed by atoms with Gasteiger partial charge in [0.05, 0.1) is 6.04 Å². The normalized spacial score (nSPS) is 36.6. The highest BCUT2D eigenvalue weighted by Crippen LogP contribution is 2.24. The molecule has 2 saturated heterocycles. The van der Waals surface area contributed by atoms with Crippen LogP contribution >= 0.6 is 0 Å². The van der Waals surface area contributed by atoms with Gasteiger partial charge in [0.25, 0.3) is 0 Å². The molecule has 0 radical (unpaired) electrons. The summed E-state index contributed by atoms with van der Waals surface area (Å²) >= 11 is 0. The molecule has 24 heavy (non-hydrogen) atoms. The molecule has 4 N–H and O–H groups in total. The van der Waals surface area contributed by atoms with E-state index in [9.17, 15) is 15.3 Å². The zero-order valence-corrected chi connectivity index (χ0v) is 15.1. The number of benzene rings is 1. The number of piperidine rings is 1. The first-order valence-electron chi connectivity index (χ1n) is 9.26. The van der Waals surface area contributed by atoms with Crippen LogP contribution in [0.1, 0.15) is 51.2 Å². The van der Waals surface area contributed by atoms with Gasteiger partial charge >= 0.3 is 0 Å². The topological polar surface area (TPSA) is 65.1 Å². The van der Waals surface area contributed by atoms with E-state index in [1.807, 2.05) is 0 Å². The number of nitrogens with one attached hydrogen (secondary N) is 1. The second kappa shape index (κ2) is 6.75. The van der Waals surface area contributed by atoms with Crippen molar-refractivity contribution in [2.75, 3.05) is 6.54 Å². The van der Waals surface area contributed by atoms with Crippen LogP contribution in [0.15, 0.2) is 24.3 Å². The first-order valence-corrected chi connectivity index (χ1v) is 9.26. The van der Waals surface area contributed by atoms with Crippen LogP contribution in [-0.2, 0) is 11.8 Å². The fourth-order valence-corrected chi connectivity index (χ4v) is 4.45. The summed E-state index contributed by atoms with van der Waals surface area (Å²) in [7, 11) is 0. The molecule has 1 aromatic rings. The lowest BCUT2D eigenvalue weighted by molar-refractivity contribution is -0.949. The number of rotatable bonds is 3. The maximum absolute atomic E-state index is 10.2. The van der Waals surface area contributed by atoms with Crippen molar-refractivity contribution in [2.45, 2.75) is 82.3 Å². The number of quaternary nitrogens is 1. The van der Waals surface area contributed by atoms with Gasteiger partial charge in [0.15, 0.2) is 0 Å². The second-order valence-electron chi connectivity index (χ2n) is 8.69. The molecule has 0 aliphatic carbocycles. The minimum atomic E-state index is -0.788. The maximum atomic E-state index is 10.2. The Hall–Kier alpha value is -0.940. The van der Waals surface area contributed by atoms with Crippen LogP contribution in [-0.4, -0.2) is 52.3 Å². The van der Waals surface area contributed by atoms with E-state index in [0.29, 0.717) is 12.6 Å². The monoisotopic (exact) mass is 334 g/mol. The Kier molecular flexibility index (Phi) is 5.03. The average molecular weight is 334 g/mol. The van der Waals surface area contributed by atoms with Crippen molar-refractivity contribution < 1.29 is 20.2 Å². The summed E-state index contributed by atoms with van der Waals surface area (Å²) in [6.45, 7) is 7.23. The first kappa shape index (κ1) is 17.9. The Morgan fingerprint density at radius 1 is 1.00 bits per heavy atom. The van der Waals surface area contributed by atoms with E-state index >= 15 is 0 Å². The number of fused-ring (bicyclic) bond motifs is 1. The number of aryl methyl sites for hydroxylation is 1. The van der Waals surface area contributed by atoms with Gasteiger partial charge in [0, 0.05) is 12.8 Å². The molecule has 2 aliphatic heterocycles. The molecule has 2 heterocycles. The molecule has 0 saturated carbocycles. The molecule has 6 atom stereocenters. The van der Waals surface area contributed by atoms with Crippen molar-refractivity contribution in [3.8, 4) is 0 Å². The SMILES string of the molecule is CC(C)(C)c1ccc(CC[C@H]2CC[C@@H](O)[C@@H]3[C@H](O)[C@H](O)C[NH+]23)cc1. The average Bonchev–Trinajstić information content (AvgIpc) is 2.83. The number of aliphatic hydroxyl groups is 3. The van der Waals surface area contributed by atoms with Gasteiger partial charge in [-0.3, -0.25) is 0 Å². The lowest BCUT2D eigenvalue weighted by Gasteiger charge is -2.38. The van der Waals surface area contributed by atoms with E-state index in [-0.39, 0.29) is 11.5 Å². The van der Waals surface area contributed by atoms with Gasteiger partial charge in [0.1, 0.15) is 30.9 Å². The first-order chi connectivity index (χ1) is 11.3. The largest absolute Gasteiger partial charge is 0.387 e. The summed E-state index contributed by atoms with van der Waals surface area (Å²) in [5.74, 6) is 0. The van der Waals surface area contributed by atoms with E-state index in [1.54, 1.807) is 0 Å². The third-order valence-electron chi connectivity index (χ3n) is 5.99. The molecule has 0 spiro atoms. The highest BCUT2D eigenvalue weighted by Gasteiger charge is 2.52. The highest BCUT2D eigenvalue weighted by molar-refractivity contribution is 5.27. The minimum Gasteiger partial charge on any atom is -0.387 e. The van der Waals surface area contributed by atoms with Crippen molar-refractivity contribution in [3.05, 3.63) is 35.4 Å². The zero-order chi connectivity index (χ0) is 17.5. The van der Waals surface area contributed by atoms with E-state index < -0.39 is 18.3 Å². The molecule has 4 nitrogen and oxygen atoms in total.